The molecule has 0 bridgehead atoms. The zero-order chi connectivity index (χ0) is 20.2. The summed E-state index contributed by atoms with van der Waals surface area (Å²) in [7, 11) is 1.63. The molecule has 0 fully saturated rings. The number of benzene rings is 2. The number of hydrogen-bond donors (Lipinski definition) is 3. The zero-order valence-electron chi connectivity index (χ0n) is 16.3. The van der Waals surface area contributed by atoms with Crippen molar-refractivity contribution >= 4 is 17.4 Å². The highest BCUT2D eigenvalue weighted by Gasteiger charge is 2.08. The number of hydrogen-bond acceptors (Lipinski definition) is 6. The van der Waals surface area contributed by atoms with Crippen LogP contribution in [0, 0.1) is 6.92 Å². The van der Waals surface area contributed by atoms with Gasteiger partial charge in [0.15, 0.2) is 0 Å². The van der Waals surface area contributed by atoms with Crippen LogP contribution in [0.5, 0.6) is 5.75 Å². The van der Waals surface area contributed by atoms with Crippen LogP contribution in [0.3, 0.4) is 0 Å². The van der Waals surface area contributed by atoms with Gasteiger partial charge in [-0.15, -0.1) is 0 Å². The van der Waals surface area contributed by atoms with E-state index in [4.69, 9.17) is 4.74 Å². The highest BCUT2D eigenvalue weighted by atomic mass is 16.5. The molecule has 2 aromatic heterocycles. The van der Waals surface area contributed by atoms with E-state index >= 15 is 0 Å². The molecule has 148 valence electrons. The van der Waals surface area contributed by atoms with Crippen LogP contribution >= 0.6 is 0 Å². The predicted octanol–water partition coefficient (Wildman–Crippen LogP) is 2.96. The summed E-state index contributed by atoms with van der Waals surface area (Å²) in [4.78, 5) is 21.2. The fraction of sp³-hybridized carbons (Fsp3) is 0.190. The van der Waals surface area contributed by atoms with Crippen LogP contribution in [0.25, 0.3) is 5.78 Å². The number of aromatic nitrogens is 4. The number of aryl methyl sites for hydroxylation is 1. The van der Waals surface area contributed by atoms with Gasteiger partial charge in [0, 0.05) is 18.3 Å². The van der Waals surface area contributed by atoms with Gasteiger partial charge in [0.2, 0.25) is 5.95 Å². The van der Waals surface area contributed by atoms with Crippen molar-refractivity contribution < 1.29 is 4.74 Å². The molecule has 0 spiro atoms. The molecule has 0 unspecified atom stereocenters. The van der Waals surface area contributed by atoms with E-state index in [0.29, 0.717) is 30.5 Å². The van der Waals surface area contributed by atoms with Crippen LogP contribution in [0.15, 0.2) is 59.4 Å². The largest absolute Gasteiger partial charge is 0.497 e. The number of anilines is 2. The lowest BCUT2D eigenvalue weighted by molar-refractivity contribution is 0.415. The Bertz CT molecular complexity index is 1160. The minimum Gasteiger partial charge on any atom is -0.497 e. The van der Waals surface area contributed by atoms with E-state index in [1.807, 2.05) is 24.3 Å². The van der Waals surface area contributed by atoms with Gasteiger partial charge in [-0.2, -0.15) is 9.50 Å². The summed E-state index contributed by atoms with van der Waals surface area (Å²) >= 11 is 0. The quantitative estimate of drug-likeness (QED) is 0.449. The van der Waals surface area contributed by atoms with Crippen LogP contribution in [0.2, 0.25) is 0 Å². The second kappa shape index (κ2) is 8.05. The van der Waals surface area contributed by atoms with E-state index in [-0.39, 0.29) is 5.56 Å². The lowest BCUT2D eigenvalue weighted by atomic mass is 10.1. The highest BCUT2D eigenvalue weighted by molar-refractivity contribution is 5.47. The van der Waals surface area contributed by atoms with E-state index in [9.17, 15) is 4.79 Å². The molecule has 2 aromatic carbocycles. The Labute approximate surface area is 167 Å². The van der Waals surface area contributed by atoms with E-state index in [1.54, 1.807) is 7.11 Å². The van der Waals surface area contributed by atoms with Crippen molar-refractivity contribution in [3.63, 3.8) is 0 Å². The van der Waals surface area contributed by atoms with Crippen molar-refractivity contribution in [2.75, 3.05) is 17.7 Å². The summed E-state index contributed by atoms with van der Waals surface area (Å²) in [5.41, 5.74) is 3.65. The predicted molar refractivity (Wildman–Crippen MR) is 112 cm³/mol. The number of fused-ring (bicyclic) bond motifs is 1. The molecule has 8 heteroatoms. The first-order chi connectivity index (χ1) is 14.1. The normalized spacial score (nSPS) is 10.8. The van der Waals surface area contributed by atoms with Crippen LogP contribution in [-0.2, 0) is 13.1 Å². The summed E-state index contributed by atoms with van der Waals surface area (Å²) in [5.74, 6) is 1.61. The maximum Gasteiger partial charge on any atom is 0.274 e. The first-order valence-electron chi connectivity index (χ1n) is 9.27. The first kappa shape index (κ1) is 18.5. The molecule has 0 aliphatic heterocycles. The Kier molecular flexibility index (Phi) is 5.15. The molecule has 0 aliphatic carbocycles. The molecule has 2 heterocycles. The van der Waals surface area contributed by atoms with Gasteiger partial charge in [-0.25, -0.2) is 4.98 Å². The minimum atomic E-state index is -0.211. The summed E-state index contributed by atoms with van der Waals surface area (Å²) < 4.78 is 6.48. The first-order valence-corrected chi connectivity index (χ1v) is 9.27. The fourth-order valence-corrected chi connectivity index (χ4v) is 2.89. The molecule has 3 N–H and O–H groups in total. The Morgan fingerprint density at radius 3 is 2.48 bits per heavy atom. The van der Waals surface area contributed by atoms with Crippen molar-refractivity contribution in [3.8, 4) is 5.75 Å². The third-order valence-electron chi connectivity index (χ3n) is 4.53. The smallest absolute Gasteiger partial charge is 0.274 e. The van der Waals surface area contributed by atoms with Gasteiger partial charge >= 0.3 is 0 Å². The number of nitrogens with zero attached hydrogens (tertiary/aromatic N) is 3. The Hall–Kier alpha value is -3.81. The standard InChI is InChI=1S/C21H22N6O2/c1-14-3-5-15(6-4-14)12-23-20-25-21-24-17(11-19(28)27(21)26-20)13-22-16-7-9-18(29-2)10-8-16/h3-11,22H,12-13H2,1-2H3,(H2,23,24,25,26). The second-order valence-corrected chi connectivity index (χ2v) is 6.71. The maximum absolute atomic E-state index is 12.4. The molecule has 0 saturated heterocycles. The average molecular weight is 390 g/mol. The number of nitrogens with one attached hydrogen (secondary N) is 3. The number of aromatic amines is 1. The topological polar surface area (TPSA) is 96.3 Å². The van der Waals surface area contributed by atoms with Gasteiger partial charge in [-0.1, -0.05) is 29.8 Å². The molecular weight excluding hydrogens is 368 g/mol. The molecule has 4 aromatic rings. The van der Waals surface area contributed by atoms with Gasteiger partial charge in [0.1, 0.15) is 5.75 Å². The van der Waals surface area contributed by atoms with E-state index in [2.05, 4.69) is 56.9 Å². The van der Waals surface area contributed by atoms with Crippen LogP contribution in [-0.4, -0.2) is 26.7 Å². The van der Waals surface area contributed by atoms with E-state index < -0.39 is 0 Å². The van der Waals surface area contributed by atoms with Crippen molar-refractivity contribution in [2.24, 2.45) is 0 Å². The number of H-pyrrole nitrogens is 1. The SMILES string of the molecule is COc1ccc(NCc2cc(=O)n3[nH]c(NCc4ccc(C)cc4)nc3n2)cc1. The maximum atomic E-state index is 12.4. The van der Waals surface area contributed by atoms with Crippen molar-refractivity contribution in [1.82, 2.24) is 19.6 Å². The summed E-state index contributed by atoms with van der Waals surface area (Å²) in [5, 5.41) is 9.38. The Balaban J connectivity index is 1.46. The molecule has 0 saturated carbocycles. The molecule has 29 heavy (non-hydrogen) atoms. The molecule has 0 radical (unpaired) electrons. The Morgan fingerprint density at radius 1 is 1.00 bits per heavy atom. The lowest BCUT2D eigenvalue weighted by Gasteiger charge is -2.06. The highest BCUT2D eigenvalue weighted by Crippen LogP contribution is 2.15. The fourth-order valence-electron chi connectivity index (χ4n) is 2.89. The van der Waals surface area contributed by atoms with Crippen molar-refractivity contribution in [3.05, 3.63) is 81.8 Å². The van der Waals surface area contributed by atoms with E-state index in [1.165, 1.54) is 16.1 Å². The van der Waals surface area contributed by atoms with Gasteiger partial charge in [-0.3, -0.25) is 9.89 Å². The zero-order valence-corrected chi connectivity index (χ0v) is 16.3. The molecule has 0 aliphatic rings. The van der Waals surface area contributed by atoms with Crippen molar-refractivity contribution in [1.29, 1.82) is 0 Å². The molecule has 0 amide bonds. The third kappa shape index (κ3) is 4.37. The molecule has 8 nitrogen and oxygen atoms in total. The lowest BCUT2D eigenvalue weighted by Crippen LogP contribution is -2.17. The van der Waals surface area contributed by atoms with Gasteiger partial charge in [0.25, 0.3) is 11.3 Å². The van der Waals surface area contributed by atoms with Gasteiger partial charge in [0.05, 0.1) is 19.3 Å². The van der Waals surface area contributed by atoms with E-state index in [0.717, 1.165) is 17.0 Å². The van der Waals surface area contributed by atoms with Crippen LogP contribution < -0.4 is 20.9 Å². The van der Waals surface area contributed by atoms with Gasteiger partial charge in [-0.05, 0) is 36.8 Å². The van der Waals surface area contributed by atoms with Gasteiger partial charge < -0.3 is 15.4 Å². The third-order valence-corrected chi connectivity index (χ3v) is 4.53. The number of ether oxygens (including phenoxy) is 1. The molecule has 4 rings (SSSR count). The monoisotopic (exact) mass is 390 g/mol. The summed E-state index contributed by atoms with van der Waals surface area (Å²) in [6.45, 7) is 3.06. The average Bonchev–Trinajstić information content (AvgIpc) is 3.16. The summed E-state index contributed by atoms with van der Waals surface area (Å²) in [6, 6.07) is 17.3. The molecular formula is C21H22N6O2. The number of rotatable bonds is 7. The molecule has 0 atom stereocenters. The summed E-state index contributed by atoms with van der Waals surface area (Å²) in [6.07, 6.45) is 0. The minimum absolute atomic E-state index is 0.211. The van der Waals surface area contributed by atoms with Crippen LogP contribution in [0.4, 0.5) is 11.6 Å². The van der Waals surface area contributed by atoms with Crippen molar-refractivity contribution in [2.45, 2.75) is 20.0 Å². The second-order valence-electron chi connectivity index (χ2n) is 6.71. The number of methoxy groups -OCH3 is 1. The van der Waals surface area contributed by atoms with Crippen LogP contribution in [0.1, 0.15) is 16.8 Å². The Morgan fingerprint density at radius 2 is 1.76 bits per heavy atom.